The number of hydrogen-bond donors (Lipinski definition) is 0. The first kappa shape index (κ1) is 15.2. The highest BCUT2D eigenvalue weighted by molar-refractivity contribution is 14.1. The fourth-order valence-corrected chi connectivity index (χ4v) is 1.74. The topological polar surface area (TPSA) is 26.3 Å². The molecule has 2 nitrogen and oxygen atoms in total. The number of carbonyl (C=O) groups is 1. The second kappa shape index (κ2) is 9.14. The van der Waals surface area contributed by atoms with Gasteiger partial charge < -0.3 is 4.74 Å². The van der Waals surface area contributed by atoms with Gasteiger partial charge in [-0.2, -0.15) is 0 Å². The number of unbranched alkanes of at least 4 members (excludes halogenated alkanes) is 3. The average molecular weight is 358 g/mol. The highest BCUT2D eigenvalue weighted by Crippen LogP contribution is 2.14. The van der Waals surface area contributed by atoms with Crippen molar-refractivity contribution in [3.63, 3.8) is 0 Å². The Labute approximate surface area is 123 Å². The number of hydrogen-bond acceptors (Lipinski definition) is 2. The third-order valence-electron chi connectivity index (χ3n) is 2.55. The van der Waals surface area contributed by atoms with Crippen molar-refractivity contribution in [2.45, 2.75) is 32.6 Å². The summed E-state index contributed by atoms with van der Waals surface area (Å²) < 4.78 is 5.67. The van der Waals surface area contributed by atoms with E-state index in [9.17, 15) is 4.79 Å². The van der Waals surface area contributed by atoms with Gasteiger partial charge >= 0.3 is 0 Å². The van der Waals surface area contributed by atoms with Gasteiger partial charge in [0, 0.05) is 22.6 Å². The van der Waals surface area contributed by atoms with Crippen LogP contribution in [0.3, 0.4) is 0 Å². The molecule has 0 aromatic heterocycles. The number of ether oxygens (including phenoxy) is 1. The number of halogens is 1. The fraction of sp³-hybridized carbons (Fsp3) is 0.400. The van der Waals surface area contributed by atoms with E-state index in [-0.39, 0.29) is 3.79 Å². The molecule has 0 bridgehead atoms. The first-order chi connectivity index (χ1) is 8.72. The number of benzene rings is 1. The minimum atomic E-state index is 0.0313. The van der Waals surface area contributed by atoms with Crippen LogP contribution in [0.2, 0.25) is 0 Å². The predicted octanol–water partition coefficient (Wildman–Crippen LogP) is 4.62. The first-order valence-corrected chi connectivity index (χ1v) is 7.40. The predicted molar refractivity (Wildman–Crippen MR) is 84.1 cm³/mol. The van der Waals surface area contributed by atoms with Crippen LogP contribution in [0.1, 0.15) is 38.2 Å². The van der Waals surface area contributed by atoms with Gasteiger partial charge in [-0.15, -0.1) is 0 Å². The molecular formula is C15H19IO2. The summed E-state index contributed by atoms with van der Waals surface area (Å²) >= 11 is 1.75. The normalized spacial score (nSPS) is 10.8. The number of rotatable bonds is 8. The van der Waals surface area contributed by atoms with E-state index >= 15 is 0 Å². The lowest BCUT2D eigenvalue weighted by Gasteiger charge is -2.05. The maximum absolute atomic E-state index is 10.8. The Balaban J connectivity index is 2.34. The summed E-state index contributed by atoms with van der Waals surface area (Å²) in [6.45, 7) is 2.98. The van der Waals surface area contributed by atoms with Crippen LogP contribution < -0.4 is 4.74 Å². The maximum atomic E-state index is 10.8. The molecule has 0 saturated carbocycles. The van der Waals surface area contributed by atoms with E-state index in [1.165, 1.54) is 19.3 Å². The van der Waals surface area contributed by atoms with Crippen LogP contribution in [-0.2, 0) is 4.79 Å². The van der Waals surface area contributed by atoms with E-state index < -0.39 is 0 Å². The maximum Gasteiger partial charge on any atom is 0.215 e. The van der Waals surface area contributed by atoms with Crippen molar-refractivity contribution in [1.82, 2.24) is 0 Å². The van der Waals surface area contributed by atoms with Gasteiger partial charge in [0.25, 0.3) is 0 Å². The van der Waals surface area contributed by atoms with Crippen LogP contribution in [-0.4, -0.2) is 10.4 Å². The second-order valence-electron chi connectivity index (χ2n) is 4.12. The summed E-state index contributed by atoms with van der Waals surface area (Å²) in [5.74, 6) is 0.893. The standard InChI is InChI=1S/C15H19IO2/c1-2-3-4-5-12-18-14-9-6-13(7-10-14)8-11-15(16)17/h6-11H,2-5,12H2,1H3/b11-8+. The van der Waals surface area contributed by atoms with Crippen molar-refractivity contribution in [3.8, 4) is 5.75 Å². The molecule has 0 saturated heterocycles. The van der Waals surface area contributed by atoms with Crippen molar-refractivity contribution in [2.24, 2.45) is 0 Å². The lowest BCUT2D eigenvalue weighted by molar-refractivity contribution is -0.105. The van der Waals surface area contributed by atoms with Gasteiger partial charge in [-0.25, -0.2) is 0 Å². The molecule has 0 spiro atoms. The molecule has 3 heteroatoms. The summed E-state index contributed by atoms with van der Waals surface area (Å²) in [4.78, 5) is 10.8. The minimum Gasteiger partial charge on any atom is -0.494 e. The number of carbonyl (C=O) groups excluding carboxylic acids is 1. The van der Waals surface area contributed by atoms with E-state index in [1.54, 1.807) is 34.7 Å². The van der Waals surface area contributed by atoms with Gasteiger partial charge in [0.1, 0.15) is 5.75 Å². The fourth-order valence-electron chi connectivity index (χ4n) is 1.56. The highest BCUT2D eigenvalue weighted by Gasteiger charge is 1.94. The summed E-state index contributed by atoms with van der Waals surface area (Å²) in [5.41, 5.74) is 1.01. The zero-order chi connectivity index (χ0) is 13.2. The molecule has 0 radical (unpaired) electrons. The molecule has 0 aliphatic heterocycles. The lowest BCUT2D eigenvalue weighted by Crippen LogP contribution is -1.96. The molecule has 1 rings (SSSR count). The Morgan fingerprint density at radius 2 is 1.94 bits per heavy atom. The van der Waals surface area contributed by atoms with Crippen LogP contribution in [0.15, 0.2) is 30.3 Å². The smallest absolute Gasteiger partial charge is 0.215 e. The van der Waals surface area contributed by atoms with Gasteiger partial charge in [-0.05, 0) is 30.2 Å². The molecule has 98 valence electrons. The van der Waals surface area contributed by atoms with Gasteiger partial charge in [0.15, 0.2) is 0 Å². The summed E-state index contributed by atoms with van der Waals surface area (Å²) in [7, 11) is 0. The SMILES string of the molecule is CCCCCCOc1ccc(/C=C/C(=O)I)cc1. The summed E-state index contributed by atoms with van der Waals surface area (Å²) in [5, 5.41) is 0. The highest BCUT2D eigenvalue weighted by atomic mass is 127. The largest absolute Gasteiger partial charge is 0.494 e. The Bertz CT molecular complexity index is 382. The quantitative estimate of drug-likeness (QED) is 0.293. The molecule has 0 N–H and O–H groups in total. The van der Waals surface area contributed by atoms with Gasteiger partial charge in [-0.1, -0.05) is 44.4 Å². The van der Waals surface area contributed by atoms with Crippen LogP contribution in [0.4, 0.5) is 0 Å². The third-order valence-corrected chi connectivity index (χ3v) is 2.91. The molecule has 0 unspecified atom stereocenters. The van der Waals surface area contributed by atoms with Crippen molar-refractivity contribution in [3.05, 3.63) is 35.9 Å². The van der Waals surface area contributed by atoms with Crippen LogP contribution >= 0.6 is 22.6 Å². The Kier molecular flexibility index (Phi) is 7.73. The first-order valence-electron chi connectivity index (χ1n) is 6.33. The lowest BCUT2D eigenvalue weighted by atomic mass is 10.2. The molecule has 1 aromatic carbocycles. The molecule has 0 aliphatic rings. The molecule has 0 fully saturated rings. The van der Waals surface area contributed by atoms with E-state index in [0.29, 0.717) is 0 Å². The Morgan fingerprint density at radius 3 is 2.56 bits per heavy atom. The summed E-state index contributed by atoms with van der Waals surface area (Å²) in [6, 6.07) is 7.79. The van der Waals surface area contributed by atoms with E-state index in [4.69, 9.17) is 4.74 Å². The third kappa shape index (κ3) is 6.79. The van der Waals surface area contributed by atoms with Gasteiger partial charge in [0.2, 0.25) is 3.79 Å². The molecule has 0 atom stereocenters. The molecule has 0 amide bonds. The Morgan fingerprint density at radius 1 is 1.22 bits per heavy atom. The van der Waals surface area contributed by atoms with Crippen molar-refractivity contribution < 1.29 is 9.53 Å². The Hall–Kier alpha value is -0.840. The van der Waals surface area contributed by atoms with Gasteiger partial charge in [-0.3, -0.25) is 4.79 Å². The molecule has 1 aromatic rings. The van der Waals surface area contributed by atoms with E-state index in [1.807, 2.05) is 24.3 Å². The summed E-state index contributed by atoms with van der Waals surface area (Å²) in [6.07, 6.45) is 8.23. The second-order valence-corrected chi connectivity index (χ2v) is 5.18. The molecule has 0 aliphatic carbocycles. The monoisotopic (exact) mass is 358 g/mol. The van der Waals surface area contributed by atoms with Crippen LogP contribution in [0.5, 0.6) is 5.75 Å². The molecule has 18 heavy (non-hydrogen) atoms. The average Bonchev–Trinajstić information content (AvgIpc) is 2.37. The minimum absolute atomic E-state index is 0.0313. The van der Waals surface area contributed by atoms with E-state index in [2.05, 4.69) is 6.92 Å². The van der Waals surface area contributed by atoms with Gasteiger partial charge in [0.05, 0.1) is 6.61 Å². The van der Waals surface area contributed by atoms with Crippen molar-refractivity contribution in [1.29, 1.82) is 0 Å². The zero-order valence-electron chi connectivity index (χ0n) is 10.7. The zero-order valence-corrected chi connectivity index (χ0v) is 12.9. The number of allylic oxidation sites excluding steroid dienone is 1. The van der Waals surface area contributed by atoms with Crippen LogP contribution in [0.25, 0.3) is 6.08 Å². The van der Waals surface area contributed by atoms with Crippen molar-refractivity contribution in [2.75, 3.05) is 6.61 Å². The molecular weight excluding hydrogens is 339 g/mol. The van der Waals surface area contributed by atoms with Crippen LogP contribution in [0, 0.1) is 0 Å². The van der Waals surface area contributed by atoms with Crippen molar-refractivity contribution >= 4 is 32.5 Å². The molecule has 0 heterocycles. The van der Waals surface area contributed by atoms with E-state index in [0.717, 1.165) is 24.3 Å².